The van der Waals surface area contributed by atoms with Crippen molar-refractivity contribution in [1.29, 1.82) is 0 Å². The molecule has 0 bridgehead atoms. The van der Waals surface area contributed by atoms with Gasteiger partial charge in [0.25, 0.3) is 11.6 Å². The van der Waals surface area contributed by atoms with E-state index in [0.29, 0.717) is 5.56 Å². The molecule has 1 atom stereocenters. The molecule has 0 saturated heterocycles. The maximum atomic E-state index is 14.1. The third-order valence-electron chi connectivity index (χ3n) is 7.95. The van der Waals surface area contributed by atoms with Crippen LogP contribution >= 0.6 is 0 Å². The monoisotopic (exact) mass is 641 g/mol. The van der Waals surface area contributed by atoms with Crippen LogP contribution in [0, 0.1) is 10.1 Å². The molecular weight excluding hydrogens is 610 g/mol. The zero-order valence-electron chi connectivity index (χ0n) is 25.6. The summed E-state index contributed by atoms with van der Waals surface area (Å²) in [5.41, 5.74) is 1.55. The lowest BCUT2D eigenvalue weighted by Crippen LogP contribution is -2.51. The Morgan fingerprint density at radius 3 is 1.56 bits per heavy atom. The van der Waals surface area contributed by atoms with E-state index in [4.69, 9.17) is 0 Å². The SMILES string of the molecule is O=C(C[C@H](NC(=O)c1ccc([N+](=O)[O-])cc1)C(=O)Cc1ccc(C(=O)O)cc1)NC(c1ccccc1)(c1ccccc1)c1ccccc1. The highest BCUT2D eigenvalue weighted by atomic mass is 16.6. The quantitative estimate of drug-likeness (QED) is 0.0846. The molecule has 0 unspecified atom stereocenters. The third-order valence-corrected chi connectivity index (χ3v) is 7.95. The largest absolute Gasteiger partial charge is 0.478 e. The Morgan fingerprint density at radius 2 is 1.12 bits per heavy atom. The predicted molar refractivity (Wildman–Crippen MR) is 178 cm³/mol. The minimum atomic E-state index is -1.30. The van der Waals surface area contributed by atoms with E-state index in [9.17, 15) is 34.4 Å². The van der Waals surface area contributed by atoms with Gasteiger partial charge in [-0.15, -0.1) is 0 Å². The van der Waals surface area contributed by atoms with E-state index in [2.05, 4.69) is 10.6 Å². The van der Waals surface area contributed by atoms with Crippen LogP contribution in [0.5, 0.6) is 0 Å². The van der Waals surface area contributed by atoms with Crippen LogP contribution in [0.4, 0.5) is 5.69 Å². The molecule has 0 radical (unpaired) electrons. The normalized spacial score (nSPS) is 11.6. The van der Waals surface area contributed by atoms with Crippen molar-refractivity contribution in [3.8, 4) is 0 Å². The second kappa shape index (κ2) is 14.8. The van der Waals surface area contributed by atoms with Crippen LogP contribution in [-0.2, 0) is 21.5 Å². The molecule has 0 aromatic heterocycles. The number of nitrogens with zero attached hydrogens (tertiary/aromatic N) is 1. The van der Waals surface area contributed by atoms with Gasteiger partial charge in [0.05, 0.1) is 22.9 Å². The molecule has 5 rings (SSSR count). The van der Waals surface area contributed by atoms with Crippen molar-refractivity contribution in [3.05, 3.63) is 183 Å². The Labute approximate surface area is 276 Å². The lowest BCUT2D eigenvalue weighted by Gasteiger charge is -2.37. The molecular formula is C38H31N3O7. The number of benzene rings is 5. The Hall–Kier alpha value is -6.42. The Morgan fingerprint density at radius 1 is 0.667 bits per heavy atom. The number of carboxylic acid groups (broad SMARTS) is 1. The predicted octanol–water partition coefficient (Wildman–Crippen LogP) is 5.70. The topological polar surface area (TPSA) is 156 Å². The fourth-order valence-electron chi connectivity index (χ4n) is 5.54. The summed E-state index contributed by atoms with van der Waals surface area (Å²) < 4.78 is 0. The smallest absolute Gasteiger partial charge is 0.335 e. The summed E-state index contributed by atoms with van der Waals surface area (Å²) in [5, 5.41) is 26.2. The standard InChI is InChI=1S/C38H31N3O7/c42-34(24-26-16-18-28(19-17-26)37(45)46)33(39-36(44)27-20-22-32(23-21-27)41(47)48)25-35(43)40-38(29-10-4-1-5-11-29,30-12-6-2-7-13-30)31-14-8-3-9-15-31/h1-23,33H,24-25H2,(H,39,44)(H,40,43)(H,45,46)/t33-/m0/s1. The number of nitro groups is 1. The number of hydrogen-bond acceptors (Lipinski definition) is 6. The van der Waals surface area contributed by atoms with Crippen molar-refractivity contribution < 1.29 is 29.2 Å². The van der Waals surface area contributed by atoms with Crippen molar-refractivity contribution in [2.24, 2.45) is 0 Å². The van der Waals surface area contributed by atoms with Gasteiger partial charge in [-0.3, -0.25) is 24.5 Å². The van der Waals surface area contributed by atoms with Gasteiger partial charge in [0.15, 0.2) is 5.78 Å². The summed E-state index contributed by atoms with van der Waals surface area (Å²) in [5.74, 6) is -2.84. The zero-order chi connectivity index (χ0) is 34.1. The van der Waals surface area contributed by atoms with Crippen LogP contribution in [0.2, 0.25) is 0 Å². The molecule has 10 heteroatoms. The van der Waals surface area contributed by atoms with E-state index < -0.39 is 46.5 Å². The van der Waals surface area contributed by atoms with Crippen LogP contribution in [0.3, 0.4) is 0 Å². The number of nitro benzene ring substituents is 1. The number of carboxylic acids is 1. The van der Waals surface area contributed by atoms with Crippen LogP contribution in [0.15, 0.2) is 140 Å². The summed E-state index contributed by atoms with van der Waals surface area (Å²) in [6.07, 6.45) is -0.626. The van der Waals surface area contributed by atoms with Crippen molar-refractivity contribution in [2.45, 2.75) is 24.4 Å². The molecule has 0 saturated carbocycles. The van der Waals surface area contributed by atoms with E-state index in [-0.39, 0.29) is 23.2 Å². The number of nitrogens with one attached hydrogen (secondary N) is 2. The van der Waals surface area contributed by atoms with Crippen molar-refractivity contribution in [3.63, 3.8) is 0 Å². The fourth-order valence-corrected chi connectivity index (χ4v) is 5.54. The fraction of sp³-hybridized carbons (Fsp3) is 0.105. The number of aromatic carboxylic acids is 1. The number of carbonyl (C=O) groups is 4. The maximum Gasteiger partial charge on any atom is 0.335 e. The minimum Gasteiger partial charge on any atom is -0.478 e. The van der Waals surface area contributed by atoms with Gasteiger partial charge in [0, 0.05) is 24.1 Å². The van der Waals surface area contributed by atoms with Gasteiger partial charge in [-0.1, -0.05) is 103 Å². The van der Waals surface area contributed by atoms with E-state index in [1.165, 1.54) is 48.5 Å². The second-order valence-corrected chi connectivity index (χ2v) is 11.1. The summed E-state index contributed by atoms with van der Waals surface area (Å²) in [7, 11) is 0. The lowest BCUT2D eigenvalue weighted by molar-refractivity contribution is -0.384. The number of hydrogen-bond donors (Lipinski definition) is 3. The average Bonchev–Trinajstić information content (AvgIpc) is 3.11. The molecule has 240 valence electrons. The van der Waals surface area contributed by atoms with Crippen LogP contribution in [0.1, 0.15) is 49.4 Å². The first-order chi connectivity index (χ1) is 23.2. The van der Waals surface area contributed by atoms with E-state index in [1.54, 1.807) is 0 Å². The molecule has 0 spiro atoms. The number of ketones is 1. The molecule has 0 aliphatic carbocycles. The Balaban J connectivity index is 1.49. The molecule has 0 fully saturated rings. The Kier molecular flexibility index (Phi) is 10.1. The number of Topliss-reactive ketones (excluding diaryl/α,β-unsaturated/α-hetero) is 1. The van der Waals surface area contributed by atoms with Gasteiger partial charge in [0.1, 0.15) is 5.54 Å². The van der Waals surface area contributed by atoms with Crippen LogP contribution < -0.4 is 10.6 Å². The molecule has 10 nitrogen and oxygen atoms in total. The first kappa shape index (κ1) is 33.0. The van der Waals surface area contributed by atoms with E-state index in [0.717, 1.165) is 16.7 Å². The minimum absolute atomic E-state index is 0.0488. The Bertz CT molecular complexity index is 1820. The summed E-state index contributed by atoms with van der Waals surface area (Å²) in [4.78, 5) is 63.0. The summed E-state index contributed by atoms with van der Waals surface area (Å²) in [6.45, 7) is 0. The van der Waals surface area contributed by atoms with E-state index in [1.807, 2.05) is 91.0 Å². The highest BCUT2D eigenvalue weighted by Crippen LogP contribution is 2.37. The van der Waals surface area contributed by atoms with Crippen molar-refractivity contribution in [2.75, 3.05) is 0 Å². The zero-order valence-corrected chi connectivity index (χ0v) is 25.6. The molecule has 5 aromatic rings. The van der Waals surface area contributed by atoms with Gasteiger partial charge in [-0.2, -0.15) is 0 Å². The maximum absolute atomic E-state index is 14.1. The van der Waals surface area contributed by atoms with Gasteiger partial charge >= 0.3 is 5.97 Å². The molecule has 48 heavy (non-hydrogen) atoms. The van der Waals surface area contributed by atoms with Gasteiger partial charge in [-0.25, -0.2) is 4.79 Å². The highest BCUT2D eigenvalue weighted by Gasteiger charge is 2.39. The average molecular weight is 642 g/mol. The van der Waals surface area contributed by atoms with Gasteiger partial charge in [-0.05, 0) is 46.5 Å². The van der Waals surface area contributed by atoms with Crippen molar-refractivity contribution >= 4 is 29.3 Å². The molecule has 0 aliphatic rings. The molecule has 0 aliphatic heterocycles. The lowest BCUT2D eigenvalue weighted by atomic mass is 9.76. The number of amides is 2. The number of non-ortho nitro benzene ring substituents is 1. The van der Waals surface area contributed by atoms with E-state index >= 15 is 0 Å². The highest BCUT2D eigenvalue weighted by molar-refractivity contribution is 6.00. The molecule has 3 N–H and O–H groups in total. The second-order valence-electron chi connectivity index (χ2n) is 11.1. The first-order valence-electron chi connectivity index (χ1n) is 15.0. The third kappa shape index (κ3) is 7.51. The van der Waals surface area contributed by atoms with Gasteiger partial charge in [0.2, 0.25) is 5.91 Å². The van der Waals surface area contributed by atoms with Crippen LogP contribution in [0.25, 0.3) is 0 Å². The van der Waals surface area contributed by atoms with Crippen LogP contribution in [-0.4, -0.2) is 39.6 Å². The summed E-state index contributed by atoms with van der Waals surface area (Å²) >= 11 is 0. The first-order valence-corrected chi connectivity index (χ1v) is 15.0. The molecule has 5 aromatic carbocycles. The molecule has 2 amide bonds. The van der Waals surface area contributed by atoms with Crippen molar-refractivity contribution in [1.82, 2.24) is 10.6 Å². The molecule has 0 heterocycles. The number of rotatable bonds is 13. The summed E-state index contributed by atoms with van der Waals surface area (Å²) in [6, 6.07) is 37.6. The number of carbonyl (C=O) groups excluding carboxylic acids is 3. The van der Waals surface area contributed by atoms with Gasteiger partial charge < -0.3 is 15.7 Å².